The monoisotopic (exact) mass is 386 g/mol. The van der Waals surface area contributed by atoms with Gasteiger partial charge >= 0.3 is 0 Å². The van der Waals surface area contributed by atoms with Crippen LogP contribution in [0.3, 0.4) is 0 Å². The molecule has 28 heavy (non-hydrogen) atoms. The molecule has 2 aromatic carbocycles. The van der Waals surface area contributed by atoms with E-state index in [1.165, 1.54) is 40.2 Å². The summed E-state index contributed by atoms with van der Waals surface area (Å²) in [6, 6.07) is 21.3. The van der Waals surface area contributed by atoms with Gasteiger partial charge in [-0.3, -0.25) is 4.40 Å². The third-order valence-electron chi connectivity index (χ3n) is 6.13. The van der Waals surface area contributed by atoms with Crippen LogP contribution in [0.4, 0.5) is 0 Å². The van der Waals surface area contributed by atoms with Crippen molar-refractivity contribution in [3.05, 3.63) is 71.2 Å². The molecule has 5 rings (SSSR count). The lowest BCUT2D eigenvalue weighted by molar-refractivity contribution is 0.216. The highest BCUT2D eigenvalue weighted by molar-refractivity contribution is 7.17. The molecular weight excluding hydrogens is 360 g/mol. The van der Waals surface area contributed by atoms with Crippen LogP contribution in [-0.2, 0) is 12.8 Å². The smallest absolute Gasteiger partial charge is 0.195 e. The lowest BCUT2D eigenvalue weighted by Gasteiger charge is -2.33. The van der Waals surface area contributed by atoms with Crippen LogP contribution in [-0.4, -0.2) is 9.38 Å². The van der Waals surface area contributed by atoms with Gasteiger partial charge in [0.05, 0.1) is 11.4 Å². The molecule has 142 valence electrons. The quantitative estimate of drug-likeness (QED) is 0.367. The summed E-state index contributed by atoms with van der Waals surface area (Å²) in [6.07, 6.45) is 3.58. The van der Waals surface area contributed by atoms with E-state index in [0.717, 1.165) is 23.0 Å². The highest BCUT2D eigenvalue weighted by Gasteiger charge is 2.32. The number of benzene rings is 2. The van der Waals surface area contributed by atoms with Crippen molar-refractivity contribution in [3.63, 3.8) is 0 Å². The van der Waals surface area contributed by atoms with Gasteiger partial charge in [-0.15, -0.1) is 11.3 Å². The van der Waals surface area contributed by atoms with Crippen LogP contribution in [0, 0.1) is 11.3 Å². The van der Waals surface area contributed by atoms with E-state index in [1.54, 1.807) is 0 Å². The highest BCUT2D eigenvalue weighted by Crippen LogP contribution is 2.43. The number of hydrogen-bond donors (Lipinski definition) is 0. The van der Waals surface area contributed by atoms with E-state index in [1.807, 2.05) is 11.3 Å². The Morgan fingerprint density at radius 3 is 2.21 bits per heavy atom. The fourth-order valence-electron chi connectivity index (χ4n) is 4.46. The maximum Gasteiger partial charge on any atom is 0.195 e. The summed E-state index contributed by atoms with van der Waals surface area (Å²) >= 11 is 1.90. The van der Waals surface area contributed by atoms with Gasteiger partial charge in [0.2, 0.25) is 0 Å². The first kappa shape index (κ1) is 17.7. The highest BCUT2D eigenvalue weighted by atomic mass is 32.1. The number of aromatic nitrogens is 2. The second kappa shape index (κ2) is 6.59. The summed E-state index contributed by atoms with van der Waals surface area (Å²) < 4.78 is 2.45. The van der Waals surface area contributed by atoms with E-state index in [2.05, 4.69) is 85.8 Å². The number of rotatable bonds is 2. The van der Waals surface area contributed by atoms with Gasteiger partial charge in [0, 0.05) is 21.7 Å². The van der Waals surface area contributed by atoms with Gasteiger partial charge in [-0.2, -0.15) is 0 Å². The lowest BCUT2D eigenvalue weighted by Crippen LogP contribution is -2.26. The van der Waals surface area contributed by atoms with Gasteiger partial charge in [-0.05, 0) is 30.6 Å². The Kier molecular flexibility index (Phi) is 4.17. The van der Waals surface area contributed by atoms with E-state index in [9.17, 15) is 0 Å². The number of nitrogens with zero attached hydrogens (tertiary/aromatic N) is 2. The Bertz CT molecular complexity index is 1110. The van der Waals surface area contributed by atoms with Crippen LogP contribution in [0.2, 0.25) is 0 Å². The van der Waals surface area contributed by atoms with E-state index >= 15 is 0 Å². The number of fused-ring (bicyclic) bond motifs is 3. The van der Waals surface area contributed by atoms with Crippen LogP contribution >= 0.6 is 11.3 Å². The minimum atomic E-state index is 0.362. The molecule has 1 atom stereocenters. The molecule has 0 amide bonds. The van der Waals surface area contributed by atoms with Crippen molar-refractivity contribution in [2.24, 2.45) is 11.3 Å². The second-order valence-corrected chi connectivity index (χ2v) is 10.00. The fourth-order valence-corrected chi connectivity index (χ4v) is 5.70. The topological polar surface area (TPSA) is 17.3 Å². The summed E-state index contributed by atoms with van der Waals surface area (Å²) in [4.78, 5) is 7.80. The summed E-state index contributed by atoms with van der Waals surface area (Å²) in [5.74, 6) is 0.747. The van der Waals surface area contributed by atoms with Crippen molar-refractivity contribution in [1.82, 2.24) is 9.38 Å². The predicted octanol–water partition coefficient (Wildman–Crippen LogP) is 6.88. The molecule has 0 radical (unpaired) electrons. The Morgan fingerprint density at radius 1 is 0.929 bits per heavy atom. The van der Waals surface area contributed by atoms with E-state index in [-0.39, 0.29) is 0 Å². The number of thiazole rings is 1. The Balaban J connectivity index is 1.73. The molecule has 0 bridgehead atoms. The molecule has 0 aliphatic heterocycles. The third kappa shape index (κ3) is 2.89. The first-order chi connectivity index (χ1) is 13.5. The molecule has 0 saturated heterocycles. The largest absolute Gasteiger partial charge is 0.286 e. The number of aryl methyl sites for hydroxylation is 1. The molecular formula is C25H26N2S. The van der Waals surface area contributed by atoms with Crippen molar-refractivity contribution >= 4 is 16.3 Å². The first-order valence-electron chi connectivity index (χ1n) is 10.2. The van der Waals surface area contributed by atoms with Crippen molar-refractivity contribution in [3.8, 4) is 22.5 Å². The van der Waals surface area contributed by atoms with Gasteiger partial charge in [0.1, 0.15) is 0 Å². The van der Waals surface area contributed by atoms with Crippen LogP contribution < -0.4 is 0 Å². The number of imidazole rings is 1. The molecule has 4 aromatic rings. The van der Waals surface area contributed by atoms with Crippen LogP contribution in [0.5, 0.6) is 0 Å². The zero-order valence-corrected chi connectivity index (χ0v) is 17.6. The standard InChI is InChI=1S/C25H26N2S/c1-25(2,3)19-14-15-20-21(16-19)28-24-26-22(17-10-6-4-7-11-17)23(27(20)24)18-12-8-5-9-13-18/h4-13,19H,14-16H2,1-3H3. The SMILES string of the molecule is CC(C)(C)C1CCc2c(sc3nc(-c4ccccc4)c(-c4ccccc4)n23)C1. The van der Waals surface area contributed by atoms with Crippen LogP contribution in [0.1, 0.15) is 37.8 Å². The molecule has 0 fully saturated rings. The normalized spacial score (nSPS) is 17.0. The molecule has 2 heterocycles. The average Bonchev–Trinajstić information content (AvgIpc) is 3.24. The first-order valence-corrected chi connectivity index (χ1v) is 11.0. The Labute approximate surface area is 170 Å². The molecule has 0 N–H and O–H groups in total. The van der Waals surface area contributed by atoms with E-state index in [4.69, 9.17) is 4.98 Å². The van der Waals surface area contributed by atoms with Gasteiger partial charge in [0.15, 0.2) is 4.96 Å². The molecule has 2 aromatic heterocycles. The van der Waals surface area contributed by atoms with E-state index < -0.39 is 0 Å². The molecule has 0 saturated carbocycles. The van der Waals surface area contributed by atoms with Gasteiger partial charge in [-0.25, -0.2) is 4.98 Å². The van der Waals surface area contributed by atoms with Crippen molar-refractivity contribution in [2.45, 2.75) is 40.0 Å². The predicted molar refractivity (Wildman–Crippen MR) is 119 cm³/mol. The van der Waals surface area contributed by atoms with Crippen molar-refractivity contribution < 1.29 is 0 Å². The van der Waals surface area contributed by atoms with Crippen molar-refractivity contribution in [1.29, 1.82) is 0 Å². The Morgan fingerprint density at radius 2 is 1.57 bits per heavy atom. The summed E-state index contributed by atoms with van der Waals surface area (Å²) in [5, 5.41) is 0. The minimum Gasteiger partial charge on any atom is -0.286 e. The summed E-state index contributed by atoms with van der Waals surface area (Å²) in [7, 11) is 0. The molecule has 0 spiro atoms. The Hall–Kier alpha value is -2.39. The molecule has 1 aliphatic rings. The lowest BCUT2D eigenvalue weighted by atomic mass is 9.73. The molecule has 1 unspecified atom stereocenters. The summed E-state index contributed by atoms with van der Waals surface area (Å²) in [5.41, 5.74) is 6.62. The second-order valence-electron chi connectivity index (χ2n) is 8.94. The maximum absolute atomic E-state index is 5.13. The minimum absolute atomic E-state index is 0.362. The zero-order chi connectivity index (χ0) is 19.3. The zero-order valence-electron chi connectivity index (χ0n) is 16.8. The fraction of sp³-hybridized carbons (Fsp3) is 0.320. The molecule has 1 aliphatic carbocycles. The van der Waals surface area contributed by atoms with Gasteiger partial charge in [0.25, 0.3) is 0 Å². The van der Waals surface area contributed by atoms with Crippen LogP contribution in [0.15, 0.2) is 60.7 Å². The van der Waals surface area contributed by atoms with Crippen LogP contribution in [0.25, 0.3) is 27.5 Å². The molecule has 2 nitrogen and oxygen atoms in total. The third-order valence-corrected chi connectivity index (χ3v) is 7.24. The summed E-state index contributed by atoms with van der Waals surface area (Å²) in [6.45, 7) is 7.14. The average molecular weight is 387 g/mol. The maximum atomic E-state index is 5.13. The van der Waals surface area contributed by atoms with Crippen molar-refractivity contribution in [2.75, 3.05) is 0 Å². The number of hydrogen-bond acceptors (Lipinski definition) is 2. The molecule has 3 heteroatoms. The van der Waals surface area contributed by atoms with E-state index in [0.29, 0.717) is 5.41 Å². The van der Waals surface area contributed by atoms with Gasteiger partial charge in [-0.1, -0.05) is 81.4 Å². The van der Waals surface area contributed by atoms with Gasteiger partial charge < -0.3 is 0 Å².